The Labute approximate surface area is 80.4 Å². The number of hydrogen-bond donors (Lipinski definition) is 0. The van der Waals surface area contributed by atoms with E-state index in [1.807, 2.05) is 6.07 Å². The highest BCUT2D eigenvalue weighted by Gasteiger charge is 2.26. The summed E-state index contributed by atoms with van der Waals surface area (Å²) in [5.74, 6) is 0.501. The second-order valence-corrected chi connectivity index (χ2v) is 2.88. The zero-order chi connectivity index (χ0) is 9.97. The molecule has 0 amide bonds. The topological polar surface area (TPSA) is 52.6 Å². The van der Waals surface area contributed by atoms with Crippen molar-refractivity contribution in [2.75, 3.05) is 6.61 Å². The van der Waals surface area contributed by atoms with Gasteiger partial charge in [-0.2, -0.15) is 0 Å². The number of hydrogen-bond acceptors (Lipinski definition) is 4. The molecular weight excluding hydrogens is 184 g/mol. The molecule has 0 fully saturated rings. The predicted octanol–water partition coefficient (Wildman–Crippen LogP) is 0.594. The van der Waals surface area contributed by atoms with Gasteiger partial charge in [-0.25, -0.2) is 0 Å². The van der Waals surface area contributed by atoms with Crippen LogP contribution in [0, 0.1) is 0 Å². The highest BCUT2D eigenvalue weighted by Crippen LogP contribution is 2.30. The number of carbonyl (C=O) groups is 2. The molecule has 1 aromatic rings. The Balaban J connectivity index is 2.21. The van der Waals surface area contributed by atoms with Crippen molar-refractivity contribution in [2.45, 2.75) is 6.10 Å². The van der Waals surface area contributed by atoms with Gasteiger partial charge in [-0.3, -0.25) is 9.59 Å². The third kappa shape index (κ3) is 1.46. The van der Waals surface area contributed by atoms with Crippen LogP contribution in [0.5, 0.6) is 11.5 Å². The smallest absolute Gasteiger partial charge is 0.239 e. The lowest BCUT2D eigenvalue weighted by Crippen LogP contribution is -2.37. The zero-order valence-corrected chi connectivity index (χ0v) is 7.30. The summed E-state index contributed by atoms with van der Waals surface area (Å²) >= 11 is 0. The van der Waals surface area contributed by atoms with Crippen molar-refractivity contribution in [1.29, 1.82) is 0 Å². The molecule has 1 heterocycles. The van der Waals surface area contributed by atoms with E-state index in [0.29, 0.717) is 11.5 Å². The molecular formula is C10H8O4. The first-order chi connectivity index (χ1) is 6.81. The van der Waals surface area contributed by atoms with Crippen molar-refractivity contribution in [3.63, 3.8) is 0 Å². The Bertz CT molecular complexity index is 372. The lowest BCUT2D eigenvalue weighted by molar-refractivity contribution is -0.136. The van der Waals surface area contributed by atoms with Gasteiger partial charge in [-0.15, -0.1) is 0 Å². The van der Waals surface area contributed by atoms with Crippen LogP contribution in [-0.4, -0.2) is 24.8 Å². The van der Waals surface area contributed by atoms with Crippen molar-refractivity contribution in [1.82, 2.24) is 0 Å². The molecule has 4 heteroatoms. The van der Waals surface area contributed by atoms with Crippen LogP contribution in [0.15, 0.2) is 24.3 Å². The number of ketones is 1. The first-order valence-electron chi connectivity index (χ1n) is 4.19. The molecule has 72 valence electrons. The standard InChI is InChI=1S/C10H8O4/c11-5-7(12)10-6-13-8-3-1-2-4-9(8)14-10/h1-5,10H,6H2. The number of ether oxygens (including phenoxy) is 2. The van der Waals surface area contributed by atoms with E-state index in [9.17, 15) is 9.59 Å². The third-order valence-corrected chi connectivity index (χ3v) is 1.94. The third-order valence-electron chi connectivity index (χ3n) is 1.94. The first-order valence-corrected chi connectivity index (χ1v) is 4.19. The van der Waals surface area contributed by atoms with Crippen LogP contribution in [0.3, 0.4) is 0 Å². The average Bonchev–Trinajstić information content (AvgIpc) is 2.27. The number of para-hydroxylation sites is 2. The summed E-state index contributed by atoms with van der Waals surface area (Å²) in [6.07, 6.45) is -0.551. The molecule has 1 aliphatic heterocycles. The number of carbonyl (C=O) groups excluding carboxylic acids is 2. The van der Waals surface area contributed by atoms with Crippen LogP contribution in [0.4, 0.5) is 0 Å². The van der Waals surface area contributed by atoms with Crippen LogP contribution in [0.1, 0.15) is 0 Å². The molecule has 1 aliphatic rings. The summed E-state index contributed by atoms with van der Waals surface area (Å²) in [5, 5.41) is 0. The van der Waals surface area contributed by atoms with Crippen LogP contribution in [0.2, 0.25) is 0 Å². The van der Waals surface area contributed by atoms with E-state index >= 15 is 0 Å². The van der Waals surface area contributed by atoms with Gasteiger partial charge in [0.25, 0.3) is 0 Å². The second-order valence-electron chi connectivity index (χ2n) is 2.88. The van der Waals surface area contributed by atoms with Crippen LogP contribution < -0.4 is 9.47 Å². The Morgan fingerprint density at radius 3 is 2.79 bits per heavy atom. The molecule has 14 heavy (non-hydrogen) atoms. The highest BCUT2D eigenvalue weighted by atomic mass is 16.6. The minimum absolute atomic E-state index is 0.0919. The van der Waals surface area contributed by atoms with Gasteiger partial charge >= 0.3 is 0 Å². The van der Waals surface area contributed by atoms with Crippen molar-refractivity contribution in [3.8, 4) is 11.5 Å². The number of Topliss-reactive ketones (excluding diaryl/α,β-unsaturated/α-hetero) is 1. The molecule has 0 N–H and O–H groups in total. The summed E-state index contributed by atoms with van der Waals surface area (Å²) in [7, 11) is 0. The van der Waals surface area contributed by atoms with E-state index in [0.717, 1.165) is 0 Å². The molecule has 0 saturated heterocycles. The van der Waals surface area contributed by atoms with Gasteiger partial charge in [0.1, 0.15) is 6.61 Å². The summed E-state index contributed by atoms with van der Waals surface area (Å²) in [5.41, 5.74) is 0. The maximum Gasteiger partial charge on any atom is 0.239 e. The van der Waals surface area contributed by atoms with Gasteiger partial charge < -0.3 is 9.47 Å². The van der Waals surface area contributed by atoms with Gasteiger partial charge in [0.2, 0.25) is 5.78 Å². The summed E-state index contributed by atoms with van der Waals surface area (Å²) < 4.78 is 10.5. The quantitative estimate of drug-likeness (QED) is 0.508. The van der Waals surface area contributed by atoms with Gasteiger partial charge in [-0.1, -0.05) is 12.1 Å². The SMILES string of the molecule is O=CC(=O)C1COc2ccccc2O1. The Morgan fingerprint density at radius 1 is 1.36 bits per heavy atom. The fraction of sp³-hybridized carbons (Fsp3) is 0.200. The molecule has 1 aromatic carbocycles. The van der Waals surface area contributed by atoms with Crippen LogP contribution in [0.25, 0.3) is 0 Å². The Hall–Kier alpha value is -1.84. The fourth-order valence-electron chi connectivity index (χ4n) is 1.24. The van der Waals surface area contributed by atoms with E-state index in [1.54, 1.807) is 18.2 Å². The van der Waals surface area contributed by atoms with E-state index < -0.39 is 11.9 Å². The van der Waals surface area contributed by atoms with Crippen molar-refractivity contribution in [3.05, 3.63) is 24.3 Å². The molecule has 4 nitrogen and oxygen atoms in total. The minimum atomic E-state index is -0.803. The summed E-state index contributed by atoms with van der Waals surface area (Å²) in [6, 6.07) is 7.02. The number of fused-ring (bicyclic) bond motifs is 1. The lowest BCUT2D eigenvalue weighted by Gasteiger charge is -2.23. The maximum atomic E-state index is 11.0. The van der Waals surface area contributed by atoms with E-state index in [2.05, 4.69) is 0 Å². The van der Waals surface area contributed by atoms with Gasteiger partial charge in [0.05, 0.1) is 0 Å². The second kappa shape index (κ2) is 3.49. The summed E-state index contributed by atoms with van der Waals surface area (Å²) in [4.78, 5) is 21.2. The lowest BCUT2D eigenvalue weighted by atomic mass is 10.2. The number of rotatable bonds is 2. The van der Waals surface area contributed by atoms with Gasteiger partial charge in [0, 0.05) is 0 Å². The highest BCUT2D eigenvalue weighted by molar-refractivity contribution is 6.27. The average molecular weight is 192 g/mol. The molecule has 0 spiro atoms. The molecule has 0 bridgehead atoms. The minimum Gasteiger partial charge on any atom is -0.485 e. The number of aldehydes is 1. The largest absolute Gasteiger partial charge is 0.485 e. The molecule has 1 unspecified atom stereocenters. The number of benzene rings is 1. The molecule has 0 aliphatic carbocycles. The fourth-order valence-corrected chi connectivity index (χ4v) is 1.24. The molecule has 2 rings (SSSR count). The van der Waals surface area contributed by atoms with Crippen LogP contribution in [-0.2, 0) is 9.59 Å². The molecule has 0 aromatic heterocycles. The Kier molecular flexibility index (Phi) is 2.18. The van der Waals surface area contributed by atoms with Crippen LogP contribution >= 0.6 is 0 Å². The van der Waals surface area contributed by atoms with Gasteiger partial charge in [-0.05, 0) is 12.1 Å². The molecule has 0 saturated carbocycles. The zero-order valence-electron chi connectivity index (χ0n) is 7.30. The van der Waals surface area contributed by atoms with E-state index in [4.69, 9.17) is 9.47 Å². The Morgan fingerprint density at radius 2 is 2.07 bits per heavy atom. The van der Waals surface area contributed by atoms with Crippen molar-refractivity contribution < 1.29 is 19.1 Å². The molecule has 0 radical (unpaired) electrons. The molecule has 1 atom stereocenters. The van der Waals surface area contributed by atoms with Gasteiger partial charge in [0.15, 0.2) is 23.9 Å². The monoisotopic (exact) mass is 192 g/mol. The summed E-state index contributed by atoms with van der Waals surface area (Å²) in [6.45, 7) is 0.0919. The first kappa shape index (κ1) is 8.74. The normalized spacial score (nSPS) is 18.7. The maximum absolute atomic E-state index is 11.0. The predicted molar refractivity (Wildman–Crippen MR) is 47.4 cm³/mol. The van der Waals surface area contributed by atoms with E-state index in [1.165, 1.54) is 0 Å². The van der Waals surface area contributed by atoms with Crippen molar-refractivity contribution in [2.24, 2.45) is 0 Å². The van der Waals surface area contributed by atoms with E-state index in [-0.39, 0.29) is 12.9 Å². The van der Waals surface area contributed by atoms with Crippen molar-refractivity contribution >= 4 is 12.1 Å².